The van der Waals surface area contributed by atoms with Crippen molar-refractivity contribution < 1.29 is 23.1 Å². The van der Waals surface area contributed by atoms with Gasteiger partial charge in [0.05, 0.1) is 0 Å². The van der Waals surface area contributed by atoms with E-state index >= 15 is 0 Å². The molecular weight excluding hydrogens is 314 g/mol. The lowest BCUT2D eigenvalue weighted by Gasteiger charge is -2.30. The van der Waals surface area contributed by atoms with Gasteiger partial charge in [-0.25, -0.2) is 13.8 Å². The lowest BCUT2D eigenvalue weighted by molar-refractivity contribution is -0.168. The first-order valence-corrected chi connectivity index (χ1v) is 5.69. The van der Waals surface area contributed by atoms with Gasteiger partial charge in [0.15, 0.2) is 10.4 Å². The number of carbonyl (C=O) groups is 1. The Labute approximate surface area is 109 Å². The maximum Gasteiger partial charge on any atom is 0.310 e. The van der Waals surface area contributed by atoms with E-state index in [1.165, 1.54) is 12.1 Å². The Balaban J connectivity index is 2.31. The summed E-state index contributed by atoms with van der Waals surface area (Å²) in [5.74, 6) is -1.08. The highest BCUT2D eigenvalue weighted by Gasteiger charge is 2.52. The number of hydrogen-bond donors (Lipinski definition) is 2. The van der Waals surface area contributed by atoms with E-state index in [1.54, 1.807) is 0 Å². The molecule has 2 rings (SSSR count). The van der Waals surface area contributed by atoms with Crippen molar-refractivity contribution in [2.24, 2.45) is 0 Å². The van der Waals surface area contributed by atoms with Crippen molar-refractivity contribution >= 4 is 21.8 Å². The number of rotatable bonds is 2. The molecule has 1 aliphatic rings. The fourth-order valence-corrected chi connectivity index (χ4v) is 1.93. The third-order valence-electron chi connectivity index (χ3n) is 2.47. The molecule has 1 aliphatic heterocycles. The molecule has 1 aromatic heterocycles. The zero-order chi connectivity index (χ0) is 13.5. The molecule has 1 unspecified atom stereocenters. The van der Waals surface area contributed by atoms with Crippen molar-refractivity contribution in [1.82, 2.24) is 10.4 Å². The third kappa shape index (κ3) is 2.01. The van der Waals surface area contributed by atoms with Gasteiger partial charge in [-0.15, -0.1) is 0 Å². The largest absolute Gasteiger partial charge is 0.444 e. The van der Waals surface area contributed by atoms with E-state index in [-0.39, 0.29) is 16.1 Å². The van der Waals surface area contributed by atoms with Gasteiger partial charge in [-0.3, -0.25) is 10.2 Å². The number of alkyl halides is 2. The molecule has 0 aliphatic carbocycles. The minimum absolute atomic E-state index is 0.122. The van der Waals surface area contributed by atoms with E-state index in [4.69, 9.17) is 4.42 Å². The highest BCUT2D eigenvalue weighted by molar-refractivity contribution is 9.10. The normalized spacial score (nSPS) is 23.6. The van der Waals surface area contributed by atoms with Crippen LogP contribution in [-0.2, 0) is 0 Å². The predicted octanol–water partition coefficient (Wildman–Crippen LogP) is 1.86. The summed E-state index contributed by atoms with van der Waals surface area (Å²) in [5, 5.41) is 10.3. The second-order valence-corrected chi connectivity index (χ2v) is 4.60. The average Bonchev–Trinajstić information content (AvgIpc) is 2.82. The Morgan fingerprint density at radius 2 is 2.33 bits per heavy atom. The highest BCUT2D eigenvalue weighted by Crippen LogP contribution is 2.33. The van der Waals surface area contributed by atoms with Crippen LogP contribution >= 0.6 is 15.9 Å². The summed E-state index contributed by atoms with van der Waals surface area (Å²) in [6.45, 7) is 3.43. The summed E-state index contributed by atoms with van der Waals surface area (Å²) in [5.41, 5.74) is -0.178. The zero-order valence-electron chi connectivity index (χ0n) is 8.99. The molecule has 0 saturated carbocycles. The molecule has 1 fully saturated rings. The Kier molecular flexibility index (Phi) is 3.16. The Hall–Kier alpha value is -1.41. The quantitative estimate of drug-likeness (QED) is 0.872. The summed E-state index contributed by atoms with van der Waals surface area (Å²) in [6, 6.07) is 2.75. The Bertz CT molecular complexity index is 505. The monoisotopic (exact) mass is 322 g/mol. The maximum absolute atomic E-state index is 12.9. The predicted molar refractivity (Wildman–Crippen MR) is 60.4 cm³/mol. The van der Waals surface area contributed by atoms with Crippen molar-refractivity contribution in [2.45, 2.75) is 18.6 Å². The second-order valence-electron chi connectivity index (χ2n) is 3.82. The van der Waals surface area contributed by atoms with Gasteiger partial charge < -0.3 is 9.52 Å². The number of halogens is 3. The number of carbonyl (C=O) groups excluding carboxylic acids is 1. The smallest absolute Gasteiger partial charge is 0.310 e. The van der Waals surface area contributed by atoms with E-state index in [9.17, 15) is 18.7 Å². The van der Waals surface area contributed by atoms with E-state index in [0.29, 0.717) is 5.01 Å². The lowest BCUT2D eigenvalue weighted by atomic mass is 10.1. The van der Waals surface area contributed by atoms with Crippen molar-refractivity contribution in [1.29, 1.82) is 0 Å². The first-order valence-electron chi connectivity index (χ1n) is 4.89. The Morgan fingerprint density at radius 1 is 1.67 bits per heavy atom. The van der Waals surface area contributed by atoms with Crippen LogP contribution in [0.3, 0.4) is 0 Å². The first-order chi connectivity index (χ1) is 8.34. The number of nitrogens with zero attached hydrogens (tertiary/aromatic N) is 1. The highest BCUT2D eigenvalue weighted by atomic mass is 79.9. The van der Waals surface area contributed by atoms with Crippen LogP contribution in [0.2, 0.25) is 0 Å². The number of amides is 1. The van der Waals surface area contributed by atoms with Crippen molar-refractivity contribution in [3.8, 4) is 0 Å². The lowest BCUT2D eigenvalue weighted by Crippen LogP contribution is -2.55. The van der Waals surface area contributed by atoms with E-state index in [2.05, 4.69) is 27.9 Å². The fourth-order valence-electron chi connectivity index (χ4n) is 1.63. The van der Waals surface area contributed by atoms with Crippen LogP contribution in [0, 0.1) is 0 Å². The molecule has 8 heteroatoms. The Morgan fingerprint density at radius 3 is 2.83 bits per heavy atom. The van der Waals surface area contributed by atoms with Crippen LogP contribution in [0.4, 0.5) is 8.78 Å². The van der Waals surface area contributed by atoms with Crippen LogP contribution < -0.4 is 5.43 Å². The number of furan rings is 1. The molecular formula is C10H9BrF2N2O3. The van der Waals surface area contributed by atoms with Gasteiger partial charge in [0, 0.05) is 12.1 Å². The van der Waals surface area contributed by atoms with Crippen molar-refractivity contribution in [3.05, 3.63) is 34.8 Å². The minimum Gasteiger partial charge on any atom is -0.444 e. The number of hydrogen-bond acceptors (Lipinski definition) is 4. The van der Waals surface area contributed by atoms with E-state index < -0.39 is 24.5 Å². The fraction of sp³-hybridized carbons (Fsp3) is 0.300. The molecule has 2 N–H and O–H groups in total. The molecule has 0 bridgehead atoms. The topological polar surface area (TPSA) is 65.7 Å². The van der Waals surface area contributed by atoms with E-state index in [0.717, 1.165) is 0 Å². The van der Waals surface area contributed by atoms with Crippen LogP contribution in [-0.4, -0.2) is 28.2 Å². The van der Waals surface area contributed by atoms with Gasteiger partial charge in [-0.1, -0.05) is 6.58 Å². The molecule has 5 nitrogen and oxygen atoms in total. The first kappa shape index (κ1) is 13.0. The summed E-state index contributed by atoms with van der Waals surface area (Å²) in [4.78, 5) is 11.9. The molecule has 18 heavy (non-hydrogen) atoms. The van der Waals surface area contributed by atoms with Crippen molar-refractivity contribution in [3.63, 3.8) is 0 Å². The number of aliphatic hydroxyl groups is 1. The molecule has 1 aromatic rings. The molecule has 0 radical (unpaired) electrons. The molecule has 0 aromatic carbocycles. The number of hydrazine groups is 1. The molecule has 1 saturated heterocycles. The van der Waals surface area contributed by atoms with E-state index in [1.807, 2.05) is 0 Å². The van der Waals surface area contributed by atoms with Gasteiger partial charge >= 0.3 is 5.91 Å². The van der Waals surface area contributed by atoms with Gasteiger partial charge in [-0.2, -0.15) is 0 Å². The van der Waals surface area contributed by atoms with Gasteiger partial charge in [0.2, 0.25) is 5.72 Å². The minimum atomic E-state index is -3.13. The van der Waals surface area contributed by atoms with Crippen LogP contribution in [0.25, 0.3) is 0 Å². The average molecular weight is 323 g/mol. The molecule has 0 spiro atoms. The van der Waals surface area contributed by atoms with Crippen LogP contribution in [0.15, 0.2) is 33.5 Å². The third-order valence-corrected chi connectivity index (χ3v) is 2.89. The van der Waals surface area contributed by atoms with Gasteiger partial charge in [0.1, 0.15) is 0 Å². The molecule has 98 valence electrons. The summed E-state index contributed by atoms with van der Waals surface area (Å²) >= 11 is 2.99. The zero-order valence-corrected chi connectivity index (χ0v) is 10.6. The molecule has 1 amide bonds. The maximum atomic E-state index is 12.9. The summed E-state index contributed by atoms with van der Waals surface area (Å²) < 4.78 is 31.0. The SMILES string of the molecule is C=C1CC(O)(C(F)F)N(C(=O)c2ccc(Br)o2)N1. The van der Waals surface area contributed by atoms with Crippen LogP contribution in [0.1, 0.15) is 17.0 Å². The summed E-state index contributed by atoms with van der Waals surface area (Å²) in [7, 11) is 0. The molecule has 1 atom stereocenters. The second kappa shape index (κ2) is 4.36. The number of nitrogens with one attached hydrogen (secondary N) is 1. The standard InChI is InChI=1S/C10H9BrF2N2O3/c1-5-4-10(17,9(12)13)15(14-5)8(16)6-2-3-7(11)18-6/h2-3,9,14,17H,1,4H2. The van der Waals surface area contributed by atoms with Crippen molar-refractivity contribution in [2.75, 3.05) is 0 Å². The summed E-state index contributed by atoms with van der Waals surface area (Å²) in [6.07, 6.45) is -3.58. The van der Waals surface area contributed by atoms with Crippen LogP contribution in [0.5, 0.6) is 0 Å². The van der Waals surface area contributed by atoms with Gasteiger partial charge in [0.25, 0.3) is 6.43 Å². The molecule has 2 heterocycles. The van der Waals surface area contributed by atoms with Gasteiger partial charge in [-0.05, 0) is 28.1 Å².